The Morgan fingerprint density at radius 2 is 2.23 bits per heavy atom. The molecular formula is C22H33NO3. The quantitative estimate of drug-likeness (QED) is 0.336. The zero-order chi connectivity index (χ0) is 19.1. The molecule has 2 aliphatic rings. The first kappa shape index (κ1) is 20.7. The summed E-state index contributed by atoms with van der Waals surface area (Å²) in [6.07, 6.45) is 11.2. The van der Waals surface area contributed by atoms with Gasteiger partial charge in [0, 0.05) is 18.8 Å². The van der Waals surface area contributed by atoms with Gasteiger partial charge in [-0.15, -0.1) is 11.8 Å². The minimum atomic E-state index is -0.523. The van der Waals surface area contributed by atoms with Crippen LogP contribution < -0.4 is 5.73 Å². The summed E-state index contributed by atoms with van der Waals surface area (Å²) in [5, 5.41) is 20.7. The van der Waals surface area contributed by atoms with Crippen LogP contribution in [0.3, 0.4) is 0 Å². The predicted octanol–water partition coefficient (Wildman–Crippen LogP) is 2.94. The first-order valence-electron chi connectivity index (χ1n) is 9.84. The van der Waals surface area contributed by atoms with Crippen molar-refractivity contribution in [1.82, 2.24) is 0 Å². The molecule has 4 N–H and O–H groups in total. The molecule has 4 nitrogen and oxygen atoms in total. The van der Waals surface area contributed by atoms with E-state index in [-0.39, 0.29) is 23.8 Å². The highest BCUT2D eigenvalue weighted by atomic mass is 16.3. The molecule has 26 heavy (non-hydrogen) atoms. The third kappa shape index (κ3) is 5.72. The van der Waals surface area contributed by atoms with Crippen molar-refractivity contribution < 1.29 is 15.0 Å². The summed E-state index contributed by atoms with van der Waals surface area (Å²) in [7, 11) is 0. The molecule has 4 heteroatoms. The van der Waals surface area contributed by atoms with Crippen LogP contribution >= 0.6 is 0 Å². The lowest BCUT2D eigenvalue weighted by atomic mass is 9.88. The van der Waals surface area contributed by atoms with E-state index in [1.54, 1.807) is 0 Å². The Labute approximate surface area is 157 Å². The van der Waals surface area contributed by atoms with Gasteiger partial charge in [0.05, 0.1) is 12.2 Å². The number of aliphatic hydroxyl groups excluding tert-OH is 2. The Kier molecular flexibility index (Phi) is 7.93. The van der Waals surface area contributed by atoms with Crippen LogP contribution in [0, 0.1) is 35.5 Å². The first-order chi connectivity index (χ1) is 12.4. The van der Waals surface area contributed by atoms with E-state index in [2.05, 4.69) is 17.9 Å². The van der Waals surface area contributed by atoms with Gasteiger partial charge in [0.2, 0.25) is 5.91 Å². The third-order valence-electron chi connectivity index (χ3n) is 5.84. The SMILES string of the molecule is CC#CC[C@@H](C)[C@H](O)/C=C/[C@@H]1[C@H]2CC(CCCCC(N)=O)=C[C@H]2C[C@H]1O. The molecule has 0 bridgehead atoms. The third-order valence-corrected chi connectivity index (χ3v) is 5.84. The molecule has 0 aliphatic heterocycles. The maximum Gasteiger partial charge on any atom is 0.217 e. The Bertz CT molecular complexity index is 598. The van der Waals surface area contributed by atoms with Crippen LogP contribution in [0.15, 0.2) is 23.8 Å². The highest BCUT2D eigenvalue weighted by Gasteiger charge is 2.43. The van der Waals surface area contributed by atoms with Crippen LogP contribution in [0.25, 0.3) is 0 Å². The van der Waals surface area contributed by atoms with Crippen LogP contribution in [0.5, 0.6) is 0 Å². The summed E-state index contributed by atoms with van der Waals surface area (Å²) in [6, 6.07) is 0. The Balaban J connectivity index is 1.85. The van der Waals surface area contributed by atoms with Gasteiger partial charge in [0.1, 0.15) is 0 Å². The number of carbonyl (C=O) groups is 1. The number of aliphatic hydroxyl groups is 2. The molecule has 0 heterocycles. The number of carbonyl (C=O) groups excluding carboxylic acids is 1. The monoisotopic (exact) mass is 359 g/mol. The van der Waals surface area contributed by atoms with Crippen LogP contribution in [0.4, 0.5) is 0 Å². The number of primary amides is 1. The van der Waals surface area contributed by atoms with E-state index in [4.69, 9.17) is 5.73 Å². The molecule has 1 saturated carbocycles. The van der Waals surface area contributed by atoms with Gasteiger partial charge in [-0.25, -0.2) is 0 Å². The van der Waals surface area contributed by atoms with E-state index in [0.29, 0.717) is 24.7 Å². The number of amides is 1. The van der Waals surface area contributed by atoms with Gasteiger partial charge < -0.3 is 15.9 Å². The van der Waals surface area contributed by atoms with Crippen molar-refractivity contribution in [3.05, 3.63) is 23.8 Å². The number of nitrogens with two attached hydrogens (primary N) is 1. The summed E-state index contributed by atoms with van der Waals surface area (Å²) in [5.41, 5.74) is 6.63. The Hall–Kier alpha value is -1.57. The Morgan fingerprint density at radius 1 is 1.46 bits per heavy atom. The van der Waals surface area contributed by atoms with Gasteiger partial charge in [-0.1, -0.05) is 30.7 Å². The van der Waals surface area contributed by atoms with Gasteiger partial charge in [-0.2, -0.15) is 0 Å². The summed E-state index contributed by atoms with van der Waals surface area (Å²) in [5.74, 6) is 6.72. The molecule has 0 unspecified atom stereocenters. The van der Waals surface area contributed by atoms with Crippen LogP contribution in [0.1, 0.15) is 58.8 Å². The Morgan fingerprint density at radius 3 is 2.92 bits per heavy atom. The summed E-state index contributed by atoms with van der Waals surface area (Å²) < 4.78 is 0. The van der Waals surface area contributed by atoms with E-state index in [9.17, 15) is 15.0 Å². The largest absolute Gasteiger partial charge is 0.392 e. The predicted molar refractivity (Wildman–Crippen MR) is 104 cm³/mol. The van der Waals surface area contributed by atoms with Gasteiger partial charge in [-0.05, 0) is 56.8 Å². The van der Waals surface area contributed by atoms with Crippen molar-refractivity contribution in [2.45, 2.75) is 71.0 Å². The minimum Gasteiger partial charge on any atom is -0.392 e. The van der Waals surface area contributed by atoms with Crippen molar-refractivity contribution in [1.29, 1.82) is 0 Å². The molecule has 144 valence electrons. The molecule has 1 fully saturated rings. The van der Waals surface area contributed by atoms with Gasteiger partial charge in [0.15, 0.2) is 0 Å². The maximum absolute atomic E-state index is 10.8. The highest BCUT2D eigenvalue weighted by Crippen LogP contribution is 2.48. The second-order valence-electron chi connectivity index (χ2n) is 7.89. The average Bonchev–Trinajstić information content (AvgIpc) is 3.10. The molecule has 1 amide bonds. The summed E-state index contributed by atoms with van der Waals surface area (Å²) >= 11 is 0. The number of rotatable bonds is 9. The zero-order valence-electron chi connectivity index (χ0n) is 16.0. The van der Waals surface area contributed by atoms with E-state index in [1.165, 1.54) is 5.57 Å². The molecule has 0 spiro atoms. The molecule has 2 rings (SSSR count). The molecule has 0 aromatic carbocycles. The number of hydrogen-bond acceptors (Lipinski definition) is 3. The highest BCUT2D eigenvalue weighted by molar-refractivity contribution is 5.73. The van der Waals surface area contributed by atoms with E-state index >= 15 is 0 Å². The molecular weight excluding hydrogens is 326 g/mol. The smallest absolute Gasteiger partial charge is 0.217 e. The van der Waals surface area contributed by atoms with E-state index in [1.807, 2.05) is 26.0 Å². The first-order valence-corrected chi connectivity index (χ1v) is 9.84. The lowest BCUT2D eigenvalue weighted by Gasteiger charge is -2.20. The number of fused-ring (bicyclic) bond motifs is 1. The zero-order valence-corrected chi connectivity index (χ0v) is 16.0. The summed E-state index contributed by atoms with van der Waals surface area (Å²) in [4.78, 5) is 10.8. The molecule has 0 aromatic heterocycles. The van der Waals surface area contributed by atoms with Crippen molar-refractivity contribution in [2.75, 3.05) is 0 Å². The molecule has 2 aliphatic carbocycles. The molecule has 6 atom stereocenters. The molecule has 0 radical (unpaired) electrons. The summed E-state index contributed by atoms with van der Waals surface area (Å²) in [6.45, 7) is 3.80. The average molecular weight is 360 g/mol. The number of allylic oxidation sites excluding steroid dienone is 2. The molecule has 0 saturated heterocycles. The van der Waals surface area contributed by atoms with Crippen molar-refractivity contribution in [3.8, 4) is 11.8 Å². The molecule has 0 aromatic rings. The topological polar surface area (TPSA) is 83.5 Å². The van der Waals surface area contributed by atoms with Gasteiger partial charge in [-0.3, -0.25) is 4.79 Å². The standard InChI is InChI=1S/C22H33NO3/c1-3-4-7-15(2)20(24)11-10-18-19-13-16(8-5-6-9-22(23)26)12-17(19)14-21(18)25/h10-12,15,17-21,24-25H,5-9,13-14H2,1-2H3,(H2,23,26)/b11-10+/t15-,17+,18-,19+,20-,21-/m1/s1. The normalized spacial score (nSPS) is 29.8. The van der Waals surface area contributed by atoms with Crippen molar-refractivity contribution in [2.24, 2.45) is 29.4 Å². The minimum absolute atomic E-state index is 0.0931. The van der Waals surface area contributed by atoms with Gasteiger partial charge >= 0.3 is 0 Å². The van der Waals surface area contributed by atoms with Crippen molar-refractivity contribution in [3.63, 3.8) is 0 Å². The second kappa shape index (κ2) is 9.94. The lowest BCUT2D eigenvalue weighted by Crippen LogP contribution is -2.19. The fraction of sp³-hybridized carbons (Fsp3) is 0.682. The van der Waals surface area contributed by atoms with Gasteiger partial charge in [0.25, 0.3) is 0 Å². The van der Waals surface area contributed by atoms with Crippen LogP contribution in [0.2, 0.25) is 0 Å². The number of hydrogen-bond donors (Lipinski definition) is 3. The fourth-order valence-corrected chi connectivity index (χ4v) is 4.26. The van der Waals surface area contributed by atoms with Crippen molar-refractivity contribution >= 4 is 5.91 Å². The number of unbranched alkanes of at least 4 members (excludes halogenated alkanes) is 1. The van der Waals surface area contributed by atoms with E-state index in [0.717, 1.165) is 32.1 Å². The maximum atomic E-state index is 10.8. The van der Waals surface area contributed by atoms with Crippen LogP contribution in [-0.4, -0.2) is 28.3 Å². The fourth-order valence-electron chi connectivity index (χ4n) is 4.26. The van der Waals surface area contributed by atoms with E-state index < -0.39 is 6.10 Å². The second-order valence-corrected chi connectivity index (χ2v) is 7.89. The lowest BCUT2D eigenvalue weighted by molar-refractivity contribution is -0.118. The van der Waals surface area contributed by atoms with Crippen LogP contribution in [-0.2, 0) is 4.79 Å².